The number of sulfonamides is 1. The Labute approximate surface area is 249 Å². The van der Waals surface area contributed by atoms with Gasteiger partial charge < -0.3 is 15.5 Å². The third-order valence-corrected chi connectivity index (χ3v) is 10.3. The molecular formula is C26H35F3N6O4S3. The van der Waals surface area contributed by atoms with Crippen LogP contribution in [0.2, 0.25) is 0 Å². The molecule has 232 valence electrons. The normalized spacial score (nSPS) is 14.7. The van der Waals surface area contributed by atoms with Gasteiger partial charge in [0.1, 0.15) is 17.0 Å². The molecule has 16 heteroatoms. The van der Waals surface area contributed by atoms with Gasteiger partial charge in [0.05, 0.1) is 16.3 Å². The van der Waals surface area contributed by atoms with Crippen molar-refractivity contribution in [2.24, 2.45) is 0 Å². The van der Waals surface area contributed by atoms with Gasteiger partial charge in [-0.3, -0.25) is 4.72 Å². The Morgan fingerprint density at radius 2 is 1.95 bits per heavy atom. The van der Waals surface area contributed by atoms with Crippen molar-refractivity contribution in [3.05, 3.63) is 59.4 Å². The Kier molecular flexibility index (Phi) is 11.4. The molecule has 1 aliphatic rings. The summed E-state index contributed by atoms with van der Waals surface area (Å²) >= 11 is 1.37. The molecule has 1 atom stereocenters. The standard InChI is InChI=1S/C26H35F3N6O4S3/c1-5-7-18(3)40-16-19(10-12-35(4)11-6-2)33-22-9-8-20(13-24(22)41(36,37)26(27,28)29)42(38,39)34-25-21-14-30-15-23(21)31-17-32-25/h5,7-9,13,17,19,30,33H,3,6,10-12,14-16H2,1-2,4H3,(H,31,32,34)/b7-5-/t19-/m1/s1. The maximum atomic E-state index is 13.8. The summed E-state index contributed by atoms with van der Waals surface area (Å²) in [5.74, 6) is 0.338. The molecule has 0 unspecified atom stereocenters. The van der Waals surface area contributed by atoms with E-state index < -0.39 is 41.2 Å². The van der Waals surface area contributed by atoms with E-state index in [1.54, 1.807) is 12.2 Å². The number of nitrogens with one attached hydrogen (secondary N) is 3. The van der Waals surface area contributed by atoms with Gasteiger partial charge in [-0.2, -0.15) is 13.2 Å². The first-order chi connectivity index (χ1) is 19.7. The van der Waals surface area contributed by atoms with E-state index in [1.165, 1.54) is 11.8 Å². The minimum Gasteiger partial charge on any atom is -0.380 e. The van der Waals surface area contributed by atoms with E-state index in [4.69, 9.17) is 0 Å². The van der Waals surface area contributed by atoms with E-state index in [1.807, 2.05) is 20.9 Å². The minimum absolute atomic E-state index is 0.0397. The third-order valence-electron chi connectivity index (χ3n) is 6.36. The summed E-state index contributed by atoms with van der Waals surface area (Å²) in [4.78, 5) is 8.97. The van der Waals surface area contributed by atoms with Crippen LogP contribution >= 0.6 is 11.8 Å². The van der Waals surface area contributed by atoms with Crippen LogP contribution in [0.3, 0.4) is 0 Å². The van der Waals surface area contributed by atoms with Gasteiger partial charge in [0, 0.05) is 30.4 Å². The number of alkyl halides is 3. The molecule has 10 nitrogen and oxygen atoms in total. The van der Waals surface area contributed by atoms with Crippen molar-refractivity contribution in [3.63, 3.8) is 0 Å². The monoisotopic (exact) mass is 648 g/mol. The Morgan fingerprint density at radius 3 is 2.62 bits per heavy atom. The lowest BCUT2D eigenvalue weighted by Crippen LogP contribution is -2.31. The summed E-state index contributed by atoms with van der Waals surface area (Å²) in [6.07, 6.45) is 6.15. The molecule has 1 aromatic carbocycles. The molecule has 2 heterocycles. The first-order valence-corrected chi connectivity index (χ1v) is 17.1. The number of aromatic nitrogens is 2. The molecule has 1 aliphatic heterocycles. The number of thioether (sulfide) groups is 1. The fourth-order valence-corrected chi connectivity index (χ4v) is 7.22. The van der Waals surface area contributed by atoms with Gasteiger partial charge in [-0.15, -0.1) is 11.8 Å². The van der Waals surface area contributed by atoms with Gasteiger partial charge in [-0.25, -0.2) is 26.8 Å². The van der Waals surface area contributed by atoms with Gasteiger partial charge in [0.2, 0.25) is 0 Å². The van der Waals surface area contributed by atoms with Crippen LogP contribution in [-0.4, -0.2) is 69.1 Å². The van der Waals surface area contributed by atoms with Crippen LogP contribution in [0.1, 0.15) is 37.9 Å². The minimum atomic E-state index is -5.93. The first-order valence-electron chi connectivity index (χ1n) is 13.1. The summed E-state index contributed by atoms with van der Waals surface area (Å²) in [7, 11) is -8.54. The van der Waals surface area contributed by atoms with Crippen LogP contribution in [-0.2, 0) is 33.0 Å². The van der Waals surface area contributed by atoms with Crippen LogP contribution in [0.5, 0.6) is 0 Å². The van der Waals surface area contributed by atoms with Crippen molar-refractivity contribution in [2.45, 2.75) is 61.1 Å². The van der Waals surface area contributed by atoms with E-state index in [9.17, 15) is 30.0 Å². The highest BCUT2D eigenvalue weighted by molar-refractivity contribution is 8.03. The number of allylic oxidation sites excluding steroid dienone is 2. The average molecular weight is 649 g/mol. The topological polar surface area (TPSA) is 133 Å². The molecule has 0 fully saturated rings. The largest absolute Gasteiger partial charge is 0.501 e. The molecule has 0 aliphatic carbocycles. The highest BCUT2D eigenvalue weighted by Gasteiger charge is 2.48. The molecule has 1 aromatic heterocycles. The lowest BCUT2D eigenvalue weighted by atomic mass is 10.2. The fraction of sp³-hybridized carbons (Fsp3) is 0.462. The van der Waals surface area contributed by atoms with E-state index in [0.29, 0.717) is 42.6 Å². The van der Waals surface area contributed by atoms with Crippen LogP contribution in [0.15, 0.2) is 58.0 Å². The summed E-state index contributed by atoms with van der Waals surface area (Å²) in [6, 6.07) is 2.17. The van der Waals surface area contributed by atoms with Crippen molar-refractivity contribution >= 4 is 43.1 Å². The lowest BCUT2D eigenvalue weighted by molar-refractivity contribution is -0.0435. The molecule has 0 bridgehead atoms. The van der Waals surface area contributed by atoms with Crippen molar-refractivity contribution in [1.29, 1.82) is 0 Å². The molecule has 0 saturated heterocycles. The quantitative estimate of drug-likeness (QED) is 0.237. The molecule has 2 aromatic rings. The van der Waals surface area contributed by atoms with Crippen LogP contribution < -0.4 is 15.4 Å². The number of hydrogen-bond donors (Lipinski definition) is 3. The Balaban J connectivity index is 2.00. The summed E-state index contributed by atoms with van der Waals surface area (Å²) in [6.45, 7) is 9.89. The zero-order valence-corrected chi connectivity index (χ0v) is 26.0. The number of hydrogen-bond acceptors (Lipinski definition) is 10. The van der Waals surface area contributed by atoms with Gasteiger partial charge >= 0.3 is 5.51 Å². The summed E-state index contributed by atoms with van der Waals surface area (Å²) < 4.78 is 95.5. The molecule has 0 amide bonds. The molecule has 0 spiro atoms. The van der Waals surface area contributed by atoms with Crippen molar-refractivity contribution in [1.82, 2.24) is 20.2 Å². The SMILES string of the molecule is C=C(/C=C\C)SC[C@@H](CCN(C)CCC)Nc1ccc(S(=O)(=O)Nc2ncnc3c2CNC3)cc1S(=O)(=O)C(F)(F)F. The van der Waals surface area contributed by atoms with Crippen molar-refractivity contribution in [3.8, 4) is 0 Å². The molecule has 42 heavy (non-hydrogen) atoms. The number of fused-ring (bicyclic) bond motifs is 1. The summed E-state index contributed by atoms with van der Waals surface area (Å²) in [5, 5.41) is 5.96. The number of sulfone groups is 1. The zero-order chi connectivity index (χ0) is 31.1. The van der Waals surface area contributed by atoms with E-state index in [2.05, 4.69) is 36.8 Å². The summed E-state index contributed by atoms with van der Waals surface area (Å²) in [5.41, 5.74) is -4.94. The zero-order valence-electron chi connectivity index (χ0n) is 23.5. The second-order valence-electron chi connectivity index (χ2n) is 9.67. The Bertz CT molecular complexity index is 1520. The molecule has 3 rings (SSSR count). The molecule has 3 N–H and O–H groups in total. The maximum absolute atomic E-state index is 13.8. The third kappa shape index (κ3) is 8.46. The maximum Gasteiger partial charge on any atom is 0.501 e. The molecular weight excluding hydrogens is 614 g/mol. The number of rotatable bonds is 15. The lowest BCUT2D eigenvalue weighted by Gasteiger charge is -2.25. The van der Waals surface area contributed by atoms with Crippen LogP contribution in [0.4, 0.5) is 24.7 Å². The van der Waals surface area contributed by atoms with Crippen molar-refractivity contribution < 1.29 is 30.0 Å². The molecule has 0 radical (unpaired) electrons. The van der Waals surface area contributed by atoms with E-state index in [-0.39, 0.29) is 18.1 Å². The van der Waals surface area contributed by atoms with Gasteiger partial charge in [-0.05, 0) is 63.0 Å². The second-order valence-corrected chi connectivity index (χ2v) is 14.4. The Hall–Kier alpha value is -2.66. The second kappa shape index (κ2) is 14.2. The van der Waals surface area contributed by atoms with Gasteiger partial charge in [0.15, 0.2) is 0 Å². The van der Waals surface area contributed by atoms with Crippen LogP contribution in [0, 0.1) is 0 Å². The number of nitrogens with zero attached hydrogens (tertiary/aromatic N) is 3. The Morgan fingerprint density at radius 1 is 1.21 bits per heavy atom. The highest BCUT2D eigenvalue weighted by atomic mass is 32.2. The number of anilines is 2. The van der Waals surface area contributed by atoms with E-state index >= 15 is 0 Å². The number of halogens is 3. The average Bonchev–Trinajstić information content (AvgIpc) is 3.40. The smallest absolute Gasteiger partial charge is 0.380 e. The predicted octanol–water partition coefficient (Wildman–Crippen LogP) is 4.51. The fourth-order valence-electron chi connectivity index (χ4n) is 4.23. The first kappa shape index (κ1) is 33.8. The van der Waals surface area contributed by atoms with Crippen molar-refractivity contribution in [2.75, 3.05) is 35.9 Å². The van der Waals surface area contributed by atoms with Gasteiger partial charge in [0.25, 0.3) is 19.9 Å². The molecule has 0 saturated carbocycles. The predicted molar refractivity (Wildman–Crippen MR) is 159 cm³/mol. The highest BCUT2D eigenvalue weighted by Crippen LogP contribution is 2.37. The number of benzene rings is 1. The van der Waals surface area contributed by atoms with Gasteiger partial charge in [-0.1, -0.05) is 25.7 Å². The van der Waals surface area contributed by atoms with E-state index in [0.717, 1.165) is 36.3 Å². The van der Waals surface area contributed by atoms with Crippen LogP contribution in [0.25, 0.3) is 0 Å².